The topological polar surface area (TPSA) is 93.2 Å². The molecule has 188 valence electrons. The van der Waals surface area contributed by atoms with E-state index in [0.717, 1.165) is 42.1 Å². The Morgan fingerprint density at radius 3 is 1.26 bits per heavy atom. The van der Waals surface area contributed by atoms with Gasteiger partial charge in [-0.2, -0.15) is 0 Å². The van der Waals surface area contributed by atoms with Crippen molar-refractivity contribution in [3.8, 4) is 11.5 Å². The molecule has 0 unspecified atom stereocenters. The summed E-state index contributed by atoms with van der Waals surface area (Å²) in [5.41, 5.74) is 1.66. The van der Waals surface area contributed by atoms with Crippen LogP contribution in [0.4, 0.5) is 0 Å². The van der Waals surface area contributed by atoms with Gasteiger partial charge in [-0.05, 0) is 48.9 Å². The van der Waals surface area contributed by atoms with Crippen LogP contribution in [-0.4, -0.2) is 60.7 Å². The second-order valence-corrected chi connectivity index (χ2v) is 9.62. The Bertz CT molecular complexity index is 1810. The van der Waals surface area contributed by atoms with Gasteiger partial charge in [0.2, 0.25) is 0 Å². The van der Waals surface area contributed by atoms with Crippen LogP contribution >= 0.6 is 0 Å². The van der Waals surface area contributed by atoms with Gasteiger partial charge < -0.3 is 9.47 Å². The first-order valence-corrected chi connectivity index (χ1v) is 12.5. The van der Waals surface area contributed by atoms with Crippen molar-refractivity contribution in [2.75, 3.05) is 27.3 Å². The summed E-state index contributed by atoms with van der Waals surface area (Å²) in [7, 11) is 2.95. The van der Waals surface area contributed by atoms with E-state index < -0.39 is 11.8 Å². The van der Waals surface area contributed by atoms with Crippen LogP contribution < -0.4 is 9.47 Å². The maximum Gasteiger partial charge on any atom is 0.261 e. The standard InChI is InChI=1S/C30H22N2O6/c1-5-37-19-11-17-21-15(27(33)31(3)29(17)35)10-8-14-24-20(38-6-2)12-18-22-16(28(34)32(4)30(18)36)9-7-13(26(22)24)23(19)25(14)21/h7-12H,5-6H2,1-4H3. The number of hydrogen-bond donors (Lipinski definition) is 0. The van der Waals surface area contributed by atoms with Crippen molar-refractivity contribution in [1.82, 2.24) is 9.80 Å². The molecule has 0 spiro atoms. The Balaban J connectivity index is 1.82. The lowest BCUT2D eigenvalue weighted by Crippen LogP contribution is -2.37. The highest BCUT2D eigenvalue weighted by Crippen LogP contribution is 2.51. The molecule has 0 aromatic heterocycles. The summed E-state index contributed by atoms with van der Waals surface area (Å²) >= 11 is 0. The van der Waals surface area contributed by atoms with Gasteiger partial charge in [-0.15, -0.1) is 0 Å². The number of amides is 4. The van der Waals surface area contributed by atoms with E-state index in [1.807, 2.05) is 26.0 Å². The molecule has 0 aliphatic carbocycles. The quantitative estimate of drug-likeness (QED) is 0.194. The zero-order valence-electron chi connectivity index (χ0n) is 21.2. The summed E-state index contributed by atoms with van der Waals surface area (Å²) < 4.78 is 12.2. The number of benzene rings is 5. The molecule has 38 heavy (non-hydrogen) atoms. The lowest BCUT2D eigenvalue weighted by atomic mass is 9.81. The van der Waals surface area contributed by atoms with Crippen molar-refractivity contribution in [3.05, 3.63) is 58.7 Å². The molecule has 2 heterocycles. The third-order valence-corrected chi connectivity index (χ3v) is 7.77. The van der Waals surface area contributed by atoms with Gasteiger partial charge in [-0.3, -0.25) is 29.0 Å². The van der Waals surface area contributed by atoms with Crippen molar-refractivity contribution in [2.24, 2.45) is 0 Å². The van der Waals surface area contributed by atoms with Gasteiger partial charge in [0.05, 0.1) is 24.3 Å². The molecule has 2 aliphatic rings. The minimum atomic E-state index is -0.396. The van der Waals surface area contributed by atoms with Gasteiger partial charge in [-0.25, -0.2) is 0 Å². The van der Waals surface area contributed by atoms with E-state index in [4.69, 9.17) is 9.47 Å². The summed E-state index contributed by atoms with van der Waals surface area (Å²) in [5.74, 6) is -0.535. The number of ether oxygens (including phenoxy) is 2. The van der Waals surface area contributed by atoms with Crippen molar-refractivity contribution in [2.45, 2.75) is 13.8 Å². The molecule has 5 aromatic carbocycles. The average Bonchev–Trinajstić information content (AvgIpc) is 2.92. The number of imide groups is 2. The molecule has 8 heteroatoms. The Morgan fingerprint density at radius 1 is 0.526 bits per heavy atom. The van der Waals surface area contributed by atoms with Gasteiger partial charge >= 0.3 is 0 Å². The van der Waals surface area contributed by atoms with Gasteiger partial charge in [0, 0.05) is 57.5 Å². The fourth-order valence-corrected chi connectivity index (χ4v) is 6.17. The smallest absolute Gasteiger partial charge is 0.261 e. The monoisotopic (exact) mass is 506 g/mol. The van der Waals surface area contributed by atoms with Gasteiger partial charge in [-0.1, -0.05) is 12.1 Å². The van der Waals surface area contributed by atoms with Crippen molar-refractivity contribution < 1.29 is 28.7 Å². The van der Waals surface area contributed by atoms with Crippen molar-refractivity contribution in [1.29, 1.82) is 0 Å². The predicted molar refractivity (Wildman–Crippen MR) is 143 cm³/mol. The molecule has 7 rings (SSSR count). The van der Waals surface area contributed by atoms with Gasteiger partial charge in [0.1, 0.15) is 11.5 Å². The molecule has 8 nitrogen and oxygen atoms in total. The van der Waals surface area contributed by atoms with Gasteiger partial charge in [0.25, 0.3) is 23.6 Å². The van der Waals surface area contributed by atoms with Gasteiger partial charge in [0.15, 0.2) is 0 Å². The number of rotatable bonds is 4. The van der Waals surface area contributed by atoms with E-state index in [2.05, 4.69) is 0 Å². The Hall–Kier alpha value is -4.72. The van der Waals surface area contributed by atoms with E-state index in [0.29, 0.717) is 57.7 Å². The highest BCUT2D eigenvalue weighted by atomic mass is 16.5. The summed E-state index contributed by atoms with van der Waals surface area (Å²) in [6, 6.07) is 10.6. The molecular formula is C30H22N2O6. The molecule has 0 radical (unpaired) electrons. The zero-order chi connectivity index (χ0) is 26.6. The molecule has 0 saturated carbocycles. The highest BCUT2D eigenvalue weighted by molar-refractivity contribution is 6.42. The van der Waals surface area contributed by atoms with Crippen molar-refractivity contribution in [3.63, 3.8) is 0 Å². The van der Waals surface area contributed by atoms with E-state index in [1.165, 1.54) is 14.1 Å². The Labute approximate surface area is 216 Å². The van der Waals surface area contributed by atoms with E-state index in [9.17, 15) is 19.2 Å². The first kappa shape index (κ1) is 22.5. The zero-order valence-corrected chi connectivity index (χ0v) is 21.2. The normalized spacial score (nSPS) is 15.2. The molecule has 5 aromatic rings. The Morgan fingerprint density at radius 2 is 0.895 bits per heavy atom. The molecule has 0 saturated heterocycles. The van der Waals surface area contributed by atoms with Crippen LogP contribution in [0.15, 0.2) is 36.4 Å². The Kier molecular flexibility index (Phi) is 4.38. The first-order valence-electron chi connectivity index (χ1n) is 12.5. The maximum atomic E-state index is 13.3. The highest BCUT2D eigenvalue weighted by Gasteiger charge is 2.36. The minimum Gasteiger partial charge on any atom is -0.493 e. The third-order valence-electron chi connectivity index (χ3n) is 7.77. The minimum absolute atomic E-state index is 0.357. The second-order valence-electron chi connectivity index (χ2n) is 9.62. The van der Waals surface area contributed by atoms with Crippen LogP contribution in [0.5, 0.6) is 11.5 Å². The maximum absolute atomic E-state index is 13.3. The summed E-state index contributed by atoms with van der Waals surface area (Å²) in [4.78, 5) is 55.2. The van der Waals surface area contributed by atoms with Crippen LogP contribution in [-0.2, 0) is 0 Å². The number of nitrogens with zero attached hydrogens (tertiary/aromatic N) is 2. The molecule has 4 amide bonds. The fraction of sp³-hybridized carbons (Fsp3) is 0.200. The summed E-state index contributed by atoms with van der Waals surface area (Å²) in [5, 5.41) is 5.55. The van der Waals surface area contributed by atoms with E-state index >= 15 is 0 Å². The van der Waals surface area contributed by atoms with Crippen LogP contribution in [0.2, 0.25) is 0 Å². The lowest BCUT2D eigenvalue weighted by molar-refractivity contribution is 0.0635. The number of carbonyl (C=O) groups excluding carboxylic acids is 4. The number of hydrogen-bond acceptors (Lipinski definition) is 6. The first-order chi connectivity index (χ1) is 18.3. The summed E-state index contributed by atoms with van der Waals surface area (Å²) in [6.45, 7) is 4.44. The predicted octanol–water partition coefficient (Wildman–Crippen LogP) is 4.99. The fourth-order valence-electron chi connectivity index (χ4n) is 6.17. The molecule has 0 N–H and O–H groups in total. The van der Waals surface area contributed by atoms with Crippen molar-refractivity contribution >= 4 is 66.7 Å². The second kappa shape index (κ2) is 7.41. The number of fused-ring (bicyclic) bond motifs is 2. The molecule has 0 fully saturated rings. The average molecular weight is 507 g/mol. The van der Waals surface area contributed by atoms with Crippen LogP contribution in [0.1, 0.15) is 55.3 Å². The molecule has 0 bridgehead atoms. The van der Waals surface area contributed by atoms with Crippen LogP contribution in [0.3, 0.4) is 0 Å². The SMILES string of the molecule is CCOc1cc2c3c(ccc4c5c(OCC)cc6c7c(ccc(c1c34)c75)C(=O)N(C)C6=O)C(=O)N(C)C2=O. The third kappa shape index (κ3) is 2.49. The molecular weight excluding hydrogens is 484 g/mol. The van der Waals surface area contributed by atoms with E-state index in [1.54, 1.807) is 24.3 Å². The summed E-state index contributed by atoms with van der Waals surface area (Å²) in [6.07, 6.45) is 0. The number of carbonyl (C=O) groups is 4. The van der Waals surface area contributed by atoms with E-state index in [-0.39, 0.29) is 11.8 Å². The largest absolute Gasteiger partial charge is 0.493 e. The molecule has 2 aliphatic heterocycles. The van der Waals surface area contributed by atoms with Crippen LogP contribution in [0.25, 0.3) is 43.1 Å². The van der Waals surface area contributed by atoms with Crippen LogP contribution in [0, 0.1) is 0 Å². The lowest BCUT2D eigenvalue weighted by Gasteiger charge is -2.29. The molecule has 0 atom stereocenters.